The van der Waals surface area contributed by atoms with Crippen molar-refractivity contribution in [2.45, 2.75) is 13.5 Å². The van der Waals surface area contributed by atoms with Crippen LogP contribution in [0.3, 0.4) is 0 Å². The summed E-state index contributed by atoms with van der Waals surface area (Å²) in [7, 11) is 0. The molecule has 1 aromatic carbocycles. The zero-order valence-electron chi connectivity index (χ0n) is 20.8. The van der Waals surface area contributed by atoms with Gasteiger partial charge in [-0.05, 0) is 30.7 Å². The lowest BCUT2D eigenvalue weighted by Gasteiger charge is -2.38. The SMILES string of the molecule is CCn1cc(C(=O)O)c(=O)c2cc(F)c(N3CC[N+]4(CC3)CN3C(=N4)C(C(=O)O)=Cc4ccccc43)nc21.[I-]. The molecule has 0 bridgehead atoms. The summed E-state index contributed by atoms with van der Waals surface area (Å²) in [4.78, 5) is 44.3. The molecule has 6 rings (SSSR count). The number of aliphatic carboxylic acids is 1. The van der Waals surface area contributed by atoms with Gasteiger partial charge in [0, 0.05) is 12.7 Å². The van der Waals surface area contributed by atoms with Crippen LogP contribution in [0.4, 0.5) is 15.9 Å². The number of hydrogen-bond acceptors (Lipinski definition) is 7. The van der Waals surface area contributed by atoms with E-state index in [1.165, 1.54) is 10.8 Å². The van der Waals surface area contributed by atoms with Crippen molar-refractivity contribution >= 4 is 46.4 Å². The van der Waals surface area contributed by atoms with Gasteiger partial charge in [-0.1, -0.05) is 23.3 Å². The van der Waals surface area contributed by atoms with Crippen molar-refractivity contribution in [1.29, 1.82) is 0 Å². The fourth-order valence-corrected chi connectivity index (χ4v) is 5.42. The highest BCUT2D eigenvalue weighted by Gasteiger charge is 2.47. The number of hydrogen-bond donors (Lipinski definition) is 2. The normalized spacial score (nSPS) is 17.3. The van der Waals surface area contributed by atoms with Gasteiger partial charge in [-0.25, -0.2) is 19.0 Å². The van der Waals surface area contributed by atoms with E-state index in [4.69, 9.17) is 5.10 Å². The maximum Gasteiger partial charge on any atom is 0.341 e. The molecule has 1 spiro atoms. The van der Waals surface area contributed by atoms with E-state index in [1.54, 1.807) is 17.9 Å². The van der Waals surface area contributed by atoms with Crippen molar-refractivity contribution in [3.63, 3.8) is 0 Å². The lowest BCUT2D eigenvalue weighted by molar-refractivity contribution is -0.929. The number of carbonyl (C=O) groups is 2. The molecule has 2 N–H and O–H groups in total. The van der Waals surface area contributed by atoms with Crippen molar-refractivity contribution in [2.24, 2.45) is 5.10 Å². The second-order valence-corrected chi connectivity index (χ2v) is 9.57. The van der Waals surface area contributed by atoms with Crippen LogP contribution in [0.1, 0.15) is 22.8 Å². The Morgan fingerprint density at radius 3 is 2.51 bits per heavy atom. The van der Waals surface area contributed by atoms with E-state index < -0.39 is 28.7 Å². The van der Waals surface area contributed by atoms with Crippen LogP contribution in [-0.2, 0) is 11.3 Å². The van der Waals surface area contributed by atoms with E-state index in [2.05, 4.69) is 4.98 Å². The van der Waals surface area contributed by atoms with Crippen LogP contribution in [0.15, 0.2) is 52.0 Å². The number of benzene rings is 1. The van der Waals surface area contributed by atoms with E-state index in [0.717, 1.165) is 17.3 Å². The smallest absolute Gasteiger partial charge is 0.341 e. The highest BCUT2D eigenvalue weighted by molar-refractivity contribution is 6.29. The maximum absolute atomic E-state index is 15.3. The summed E-state index contributed by atoms with van der Waals surface area (Å²) in [5.41, 5.74) is 0.873. The summed E-state index contributed by atoms with van der Waals surface area (Å²) < 4.78 is 17.1. The molecule has 3 aliphatic rings. The quantitative estimate of drug-likeness (QED) is 0.278. The Hall–Kier alpha value is -3.85. The zero-order valence-corrected chi connectivity index (χ0v) is 23.0. The first-order valence-corrected chi connectivity index (χ1v) is 12.2. The van der Waals surface area contributed by atoms with E-state index >= 15 is 4.39 Å². The Morgan fingerprint density at radius 1 is 1.13 bits per heavy atom. The lowest BCUT2D eigenvalue weighted by Crippen LogP contribution is -3.00. The molecular weight excluding hydrogens is 622 g/mol. The predicted molar refractivity (Wildman–Crippen MR) is 138 cm³/mol. The highest BCUT2D eigenvalue weighted by Crippen LogP contribution is 2.37. The number of nitrogens with zero attached hydrogens (tertiary/aromatic N) is 6. The molecule has 1 saturated heterocycles. The first-order chi connectivity index (χ1) is 18.2. The number of carboxylic acids is 2. The van der Waals surface area contributed by atoms with Gasteiger partial charge in [0.05, 0.1) is 24.2 Å². The third-order valence-electron chi connectivity index (χ3n) is 7.39. The topological polar surface area (TPSA) is 128 Å². The van der Waals surface area contributed by atoms with Crippen LogP contribution in [0.2, 0.25) is 0 Å². The molecule has 2 aromatic heterocycles. The van der Waals surface area contributed by atoms with Gasteiger partial charge in [-0.3, -0.25) is 9.69 Å². The third-order valence-corrected chi connectivity index (χ3v) is 7.39. The van der Waals surface area contributed by atoms with Gasteiger partial charge >= 0.3 is 11.9 Å². The predicted octanol–water partition coefficient (Wildman–Crippen LogP) is -0.833. The van der Waals surface area contributed by atoms with E-state index in [-0.39, 0.29) is 51.0 Å². The van der Waals surface area contributed by atoms with Crippen molar-refractivity contribution in [3.05, 3.63) is 69.3 Å². The second-order valence-electron chi connectivity index (χ2n) is 9.57. The Kier molecular flexibility index (Phi) is 6.66. The Labute approximate surface area is 238 Å². The minimum absolute atomic E-state index is 0. The minimum atomic E-state index is -1.37. The van der Waals surface area contributed by atoms with Gasteiger partial charge in [0.25, 0.3) is 0 Å². The number of aromatic nitrogens is 2. The van der Waals surface area contributed by atoms with Crippen molar-refractivity contribution in [2.75, 3.05) is 42.6 Å². The molecule has 0 unspecified atom stereocenters. The number of para-hydroxylation sites is 1. The number of amidine groups is 1. The van der Waals surface area contributed by atoms with E-state index in [1.807, 2.05) is 29.2 Å². The average molecular weight is 646 g/mol. The second kappa shape index (κ2) is 9.72. The average Bonchev–Trinajstić information content (AvgIpc) is 3.27. The molecule has 13 heteroatoms. The van der Waals surface area contributed by atoms with Crippen molar-refractivity contribution in [3.8, 4) is 0 Å². The highest BCUT2D eigenvalue weighted by atomic mass is 127. The fourth-order valence-electron chi connectivity index (χ4n) is 5.42. The van der Waals surface area contributed by atoms with Crippen LogP contribution < -0.4 is 39.2 Å². The molecule has 0 saturated carbocycles. The van der Waals surface area contributed by atoms with Gasteiger partial charge in [-0.15, -0.1) is 0 Å². The number of halogens is 2. The van der Waals surface area contributed by atoms with Crippen LogP contribution in [-0.4, -0.2) is 75.0 Å². The third kappa shape index (κ3) is 4.25. The van der Waals surface area contributed by atoms with Gasteiger partial charge in [0.15, 0.2) is 18.3 Å². The molecule has 11 nitrogen and oxygen atoms in total. The number of rotatable bonds is 4. The molecule has 0 radical (unpaired) electrons. The van der Waals surface area contributed by atoms with Crippen LogP contribution in [0.25, 0.3) is 17.1 Å². The Balaban J connectivity index is 0.00000308. The molecule has 3 aromatic rings. The number of piperazine rings is 1. The van der Waals surface area contributed by atoms with E-state index in [9.17, 15) is 24.6 Å². The van der Waals surface area contributed by atoms with Gasteiger partial charge in [0.2, 0.25) is 11.3 Å². The number of pyridine rings is 2. The number of aryl methyl sites for hydroxylation is 1. The first-order valence-electron chi connectivity index (χ1n) is 12.2. The molecule has 202 valence electrons. The van der Waals surface area contributed by atoms with Crippen molar-refractivity contribution in [1.82, 2.24) is 9.55 Å². The number of aromatic carboxylic acids is 1. The zero-order chi connectivity index (χ0) is 26.8. The summed E-state index contributed by atoms with van der Waals surface area (Å²) in [6, 6.07) is 8.64. The fraction of sp³-hybridized carbons (Fsp3) is 0.269. The maximum atomic E-state index is 15.3. The molecule has 0 aliphatic carbocycles. The van der Waals surface area contributed by atoms with Crippen molar-refractivity contribution < 1.29 is 52.8 Å². The molecule has 5 heterocycles. The summed E-state index contributed by atoms with van der Waals surface area (Å²) in [5, 5.41) is 24.0. The Bertz CT molecular complexity index is 1660. The molecular formula is C26H24FIN6O5. The van der Waals surface area contributed by atoms with Gasteiger partial charge < -0.3 is 43.7 Å². The summed E-state index contributed by atoms with van der Waals surface area (Å²) in [5.74, 6) is -2.62. The summed E-state index contributed by atoms with van der Waals surface area (Å²) in [6.45, 7) is 4.39. The molecule has 39 heavy (non-hydrogen) atoms. The van der Waals surface area contributed by atoms with E-state index in [0.29, 0.717) is 45.2 Å². The van der Waals surface area contributed by atoms with Gasteiger partial charge in [-0.2, -0.15) is 4.59 Å². The Morgan fingerprint density at radius 2 is 1.85 bits per heavy atom. The lowest BCUT2D eigenvalue weighted by atomic mass is 10.0. The number of quaternary nitrogens is 1. The van der Waals surface area contributed by atoms with Crippen LogP contribution in [0.5, 0.6) is 0 Å². The molecule has 0 atom stereocenters. The number of fused-ring (bicyclic) bond motifs is 4. The first kappa shape index (κ1) is 26.7. The largest absolute Gasteiger partial charge is 1.00 e. The summed E-state index contributed by atoms with van der Waals surface area (Å²) >= 11 is 0. The van der Waals surface area contributed by atoms with Crippen LogP contribution >= 0.6 is 0 Å². The van der Waals surface area contributed by atoms with Gasteiger partial charge in [0.1, 0.15) is 29.9 Å². The van der Waals surface area contributed by atoms with Crippen LogP contribution in [0, 0.1) is 5.82 Å². The molecule has 3 aliphatic heterocycles. The molecule has 0 amide bonds. The number of anilines is 2. The minimum Gasteiger partial charge on any atom is -1.00 e. The monoisotopic (exact) mass is 646 g/mol. The standard InChI is InChI=1S/C26H23FN6O5.HI/c1-2-30-13-18(26(37)38)21(34)16-12-19(27)24(28-22(16)30)31-7-9-33(10-8-31)14-32-20-6-4-3-5-15(20)11-17(25(35)36)23(32)29-33;/h3-6,11-13H,2,7-10,14H2,1H3,(H-,35,36,37,38);1H. The molecule has 1 fully saturated rings. The summed E-state index contributed by atoms with van der Waals surface area (Å²) in [6.07, 6.45) is 2.88. The number of carboxylic acid groups (broad SMARTS) is 2.